The van der Waals surface area contributed by atoms with Crippen molar-refractivity contribution in [3.63, 3.8) is 0 Å². The molecule has 3 heteroatoms. The molecule has 26 heavy (non-hydrogen) atoms. The smallest absolute Gasteiger partial charge is 0.175 e. The van der Waals surface area contributed by atoms with E-state index in [0.717, 1.165) is 23.1 Å². The standard InChI is InChI=1S/C23H29NO2/c1-16(17-10-7-6-8-11-17)24-21(23(2,3)4)14-18-15-26-22-19(18)12-9-13-20(22)25-5/h6-13,15-16,21,24H,14H2,1-5H3. The van der Waals surface area contributed by atoms with Crippen molar-refractivity contribution in [3.05, 3.63) is 65.9 Å². The number of fused-ring (bicyclic) bond motifs is 1. The molecule has 0 radical (unpaired) electrons. The first-order chi connectivity index (χ1) is 12.4. The lowest BCUT2D eigenvalue weighted by Gasteiger charge is -2.34. The fourth-order valence-corrected chi connectivity index (χ4v) is 3.38. The fraction of sp³-hybridized carbons (Fsp3) is 0.391. The molecule has 0 aliphatic carbocycles. The second kappa shape index (κ2) is 7.55. The molecule has 2 unspecified atom stereocenters. The number of methoxy groups -OCH3 is 1. The van der Waals surface area contributed by atoms with Gasteiger partial charge in [0.1, 0.15) is 0 Å². The van der Waals surface area contributed by atoms with Gasteiger partial charge < -0.3 is 14.5 Å². The van der Waals surface area contributed by atoms with E-state index in [2.05, 4.69) is 69.4 Å². The molecule has 0 fully saturated rings. The number of hydrogen-bond donors (Lipinski definition) is 1. The lowest BCUT2D eigenvalue weighted by Crippen LogP contribution is -2.43. The van der Waals surface area contributed by atoms with Crippen LogP contribution in [-0.2, 0) is 6.42 Å². The minimum absolute atomic E-state index is 0.117. The van der Waals surface area contributed by atoms with Crippen LogP contribution in [0.25, 0.3) is 11.0 Å². The fourth-order valence-electron chi connectivity index (χ4n) is 3.38. The second-order valence-electron chi connectivity index (χ2n) is 8.02. The molecule has 0 saturated carbocycles. The van der Waals surface area contributed by atoms with Gasteiger partial charge in [-0.25, -0.2) is 0 Å². The molecule has 2 aromatic carbocycles. The van der Waals surface area contributed by atoms with Crippen molar-refractivity contribution in [1.29, 1.82) is 0 Å². The van der Waals surface area contributed by atoms with Crippen LogP contribution in [0.4, 0.5) is 0 Å². The van der Waals surface area contributed by atoms with E-state index >= 15 is 0 Å². The summed E-state index contributed by atoms with van der Waals surface area (Å²) in [6, 6.07) is 17.3. The lowest BCUT2D eigenvalue weighted by molar-refractivity contribution is 0.248. The van der Waals surface area contributed by atoms with Gasteiger partial charge in [0.05, 0.1) is 13.4 Å². The zero-order valence-corrected chi connectivity index (χ0v) is 16.4. The molecule has 0 spiro atoms. The number of benzene rings is 2. The predicted octanol–water partition coefficient (Wildman–Crippen LogP) is 5.75. The van der Waals surface area contributed by atoms with Crippen molar-refractivity contribution in [2.45, 2.75) is 46.2 Å². The number of furan rings is 1. The minimum atomic E-state index is 0.117. The monoisotopic (exact) mass is 351 g/mol. The Morgan fingerprint density at radius 3 is 2.42 bits per heavy atom. The first-order valence-corrected chi connectivity index (χ1v) is 9.24. The van der Waals surface area contributed by atoms with Crippen molar-refractivity contribution in [2.75, 3.05) is 7.11 Å². The maximum absolute atomic E-state index is 5.82. The third-order valence-electron chi connectivity index (χ3n) is 5.08. The molecular formula is C23H29NO2. The van der Waals surface area contributed by atoms with Gasteiger partial charge in [-0.3, -0.25) is 0 Å². The molecular weight excluding hydrogens is 322 g/mol. The molecule has 3 rings (SSSR count). The summed E-state index contributed by atoms with van der Waals surface area (Å²) < 4.78 is 11.2. The minimum Gasteiger partial charge on any atom is -0.493 e. The third kappa shape index (κ3) is 3.94. The van der Waals surface area contributed by atoms with Crippen molar-refractivity contribution >= 4 is 11.0 Å². The largest absolute Gasteiger partial charge is 0.493 e. The summed E-state index contributed by atoms with van der Waals surface area (Å²) in [5.74, 6) is 0.784. The third-order valence-corrected chi connectivity index (χ3v) is 5.08. The molecule has 3 nitrogen and oxygen atoms in total. The summed E-state index contributed by atoms with van der Waals surface area (Å²) in [5, 5.41) is 4.96. The van der Waals surface area contributed by atoms with Crippen LogP contribution in [0.1, 0.15) is 44.9 Å². The van der Waals surface area contributed by atoms with E-state index in [-0.39, 0.29) is 11.5 Å². The van der Waals surface area contributed by atoms with E-state index in [4.69, 9.17) is 9.15 Å². The van der Waals surface area contributed by atoms with E-state index in [1.165, 1.54) is 11.1 Å². The van der Waals surface area contributed by atoms with Crippen LogP contribution in [0.15, 0.2) is 59.2 Å². The highest BCUT2D eigenvalue weighted by molar-refractivity contribution is 5.86. The van der Waals surface area contributed by atoms with Gasteiger partial charge in [-0.1, -0.05) is 63.2 Å². The molecule has 0 aliphatic rings. The number of para-hydroxylation sites is 1. The van der Waals surface area contributed by atoms with Gasteiger partial charge in [-0.2, -0.15) is 0 Å². The Kier molecular flexibility index (Phi) is 5.38. The number of nitrogens with one attached hydrogen (secondary N) is 1. The van der Waals surface area contributed by atoms with Gasteiger partial charge >= 0.3 is 0 Å². The van der Waals surface area contributed by atoms with Crippen LogP contribution in [0.3, 0.4) is 0 Å². The highest BCUT2D eigenvalue weighted by atomic mass is 16.5. The Morgan fingerprint density at radius 1 is 1.04 bits per heavy atom. The number of rotatable bonds is 6. The number of ether oxygens (including phenoxy) is 1. The van der Waals surface area contributed by atoms with Crippen LogP contribution in [0, 0.1) is 5.41 Å². The van der Waals surface area contributed by atoms with E-state index in [0.29, 0.717) is 6.04 Å². The Labute approximate surface area is 156 Å². The molecule has 1 N–H and O–H groups in total. The first-order valence-electron chi connectivity index (χ1n) is 9.24. The molecule has 1 aromatic heterocycles. The van der Waals surface area contributed by atoms with E-state index in [1.54, 1.807) is 7.11 Å². The summed E-state index contributed by atoms with van der Waals surface area (Å²) in [7, 11) is 1.68. The summed E-state index contributed by atoms with van der Waals surface area (Å²) in [5.41, 5.74) is 3.46. The van der Waals surface area contributed by atoms with Gasteiger partial charge in [0.25, 0.3) is 0 Å². The van der Waals surface area contributed by atoms with Gasteiger partial charge in [-0.15, -0.1) is 0 Å². The van der Waals surface area contributed by atoms with Crippen molar-refractivity contribution in [3.8, 4) is 5.75 Å². The van der Waals surface area contributed by atoms with Crippen LogP contribution in [-0.4, -0.2) is 13.2 Å². The normalized spacial score (nSPS) is 14.3. The van der Waals surface area contributed by atoms with Gasteiger partial charge in [0.15, 0.2) is 11.3 Å². The second-order valence-corrected chi connectivity index (χ2v) is 8.02. The quantitative estimate of drug-likeness (QED) is 0.614. The average molecular weight is 351 g/mol. The highest BCUT2D eigenvalue weighted by Crippen LogP contribution is 2.33. The highest BCUT2D eigenvalue weighted by Gasteiger charge is 2.27. The van der Waals surface area contributed by atoms with Crippen molar-refractivity contribution < 1.29 is 9.15 Å². The zero-order chi connectivity index (χ0) is 18.7. The Hall–Kier alpha value is -2.26. The molecule has 0 amide bonds. The summed E-state index contributed by atoms with van der Waals surface area (Å²) >= 11 is 0. The number of hydrogen-bond acceptors (Lipinski definition) is 3. The maximum atomic E-state index is 5.82. The van der Waals surface area contributed by atoms with Crippen LogP contribution < -0.4 is 10.1 Å². The van der Waals surface area contributed by atoms with Crippen LogP contribution >= 0.6 is 0 Å². The summed E-state index contributed by atoms with van der Waals surface area (Å²) in [6.07, 6.45) is 2.78. The first kappa shape index (κ1) is 18.5. The van der Waals surface area contributed by atoms with E-state index < -0.39 is 0 Å². The van der Waals surface area contributed by atoms with E-state index in [1.807, 2.05) is 18.4 Å². The SMILES string of the molecule is COc1cccc2c(CC(NC(C)c3ccccc3)C(C)(C)C)coc12. The molecule has 138 valence electrons. The van der Waals surface area contributed by atoms with Crippen molar-refractivity contribution in [2.24, 2.45) is 5.41 Å². The Morgan fingerprint density at radius 2 is 1.77 bits per heavy atom. The van der Waals surface area contributed by atoms with Crippen molar-refractivity contribution in [1.82, 2.24) is 5.32 Å². The average Bonchev–Trinajstić information content (AvgIpc) is 3.04. The molecule has 0 bridgehead atoms. The van der Waals surface area contributed by atoms with Crippen LogP contribution in [0.2, 0.25) is 0 Å². The molecule has 3 aromatic rings. The summed E-state index contributed by atoms with van der Waals surface area (Å²) in [6.45, 7) is 9.08. The summed E-state index contributed by atoms with van der Waals surface area (Å²) in [4.78, 5) is 0. The Balaban J connectivity index is 1.86. The Bertz CT molecular complexity index is 846. The molecule has 0 aliphatic heterocycles. The topological polar surface area (TPSA) is 34.4 Å². The lowest BCUT2D eigenvalue weighted by atomic mass is 9.82. The maximum Gasteiger partial charge on any atom is 0.175 e. The van der Waals surface area contributed by atoms with E-state index in [9.17, 15) is 0 Å². The molecule has 2 atom stereocenters. The van der Waals surface area contributed by atoms with Gasteiger partial charge in [0.2, 0.25) is 0 Å². The van der Waals surface area contributed by atoms with Gasteiger partial charge in [0, 0.05) is 17.5 Å². The molecule has 0 saturated heterocycles. The van der Waals surface area contributed by atoms with Crippen LogP contribution in [0.5, 0.6) is 5.75 Å². The predicted molar refractivity (Wildman–Crippen MR) is 108 cm³/mol. The molecule has 1 heterocycles. The zero-order valence-electron chi connectivity index (χ0n) is 16.4. The van der Waals surface area contributed by atoms with Gasteiger partial charge in [-0.05, 0) is 36.0 Å².